The van der Waals surface area contributed by atoms with Crippen LogP contribution in [0, 0.1) is 0 Å². The van der Waals surface area contributed by atoms with E-state index < -0.39 is 0 Å². The number of benzene rings is 1. The van der Waals surface area contributed by atoms with Crippen LogP contribution in [0.2, 0.25) is 0 Å². The molecule has 0 atom stereocenters. The van der Waals surface area contributed by atoms with Crippen molar-refractivity contribution in [3.63, 3.8) is 0 Å². The van der Waals surface area contributed by atoms with Crippen molar-refractivity contribution in [2.45, 2.75) is 29.9 Å². The summed E-state index contributed by atoms with van der Waals surface area (Å²) in [5, 5.41) is 1.23. The second-order valence-corrected chi connectivity index (χ2v) is 8.20. The minimum Gasteiger partial charge on any atom is -0.290 e. The lowest BCUT2D eigenvalue weighted by Crippen LogP contribution is -2.02. The molecule has 3 heterocycles. The van der Waals surface area contributed by atoms with Gasteiger partial charge in [-0.25, -0.2) is 15.0 Å². The Kier molecular flexibility index (Phi) is 3.79. The van der Waals surface area contributed by atoms with Crippen LogP contribution in [0.5, 0.6) is 0 Å². The summed E-state index contributed by atoms with van der Waals surface area (Å²) < 4.78 is 2.02. The number of aryl methyl sites for hydroxylation is 2. The van der Waals surface area contributed by atoms with E-state index in [0.717, 1.165) is 28.6 Å². The van der Waals surface area contributed by atoms with Gasteiger partial charge in [0.05, 0.1) is 11.1 Å². The second-order valence-electron chi connectivity index (χ2n) is 6.07. The lowest BCUT2D eigenvalue weighted by atomic mass is 10.2. The molecule has 124 valence electrons. The Hall–Kier alpha value is -2.18. The molecule has 0 radical (unpaired) electrons. The molecule has 6 heteroatoms. The van der Waals surface area contributed by atoms with E-state index in [-0.39, 0.29) is 0 Å². The predicted molar refractivity (Wildman–Crippen MR) is 103 cm³/mol. The zero-order chi connectivity index (χ0) is 16.6. The van der Waals surface area contributed by atoms with Crippen LogP contribution in [0.4, 0.5) is 0 Å². The van der Waals surface area contributed by atoms with E-state index in [1.54, 1.807) is 18.0 Å². The van der Waals surface area contributed by atoms with E-state index in [0.29, 0.717) is 0 Å². The number of imidazole rings is 1. The molecule has 0 fully saturated rings. The molecule has 0 bridgehead atoms. The topological polar surface area (TPSA) is 43.6 Å². The Balaban J connectivity index is 1.59. The van der Waals surface area contributed by atoms with Gasteiger partial charge in [0, 0.05) is 22.2 Å². The van der Waals surface area contributed by atoms with Crippen molar-refractivity contribution in [1.82, 2.24) is 19.5 Å². The average Bonchev–Trinajstić information content (AvgIpc) is 3.37. The molecule has 5 rings (SSSR count). The lowest BCUT2D eigenvalue weighted by Gasteiger charge is -2.08. The standard InChI is InChI=1S/C19H16N4S2/c1-2-5-13(6-3-1)24-11-16-21-18(23-10-9-20-12-23)17-14-7-4-8-15(14)25-19(17)22-16/h1-3,5-6,9-10,12H,4,7-8,11H2. The van der Waals surface area contributed by atoms with Crippen molar-refractivity contribution in [1.29, 1.82) is 0 Å². The highest BCUT2D eigenvalue weighted by atomic mass is 32.2. The number of aromatic nitrogens is 4. The molecule has 0 saturated carbocycles. The number of hydrogen-bond donors (Lipinski definition) is 0. The molecular weight excluding hydrogens is 348 g/mol. The minimum absolute atomic E-state index is 0.768. The Morgan fingerprint density at radius 3 is 2.88 bits per heavy atom. The molecule has 0 amide bonds. The van der Waals surface area contributed by atoms with E-state index in [1.807, 2.05) is 34.5 Å². The van der Waals surface area contributed by atoms with Crippen LogP contribution < -0.4 is 0 Å². The van der Waals surface area contributed by atoms with Crippen LogP contribution in [0.25, 0.3) is 16.0 Å². The van der Waals surface area contributed by atoms with Gasteiger partial charge in [0.15, 0.2) is 5.82 Å². The van der Waals surface area contributed by atoms with Crippen molar-refractivity contribution < 1.29 is 0 Å². The van der Waals surface area contributed by atoms with Crippen LogP contribution in [-0.2, 0) is 18.6 Å². The third-order valence-corrected chi connectivity index (χ3v) is 6.65. The number of thioether (sulfide) groups is 1. The van der Waals surface area contributed by atoms with Crippen LogP contribution in [-0.4, -0.2) is 19.5 Å². The van der Waals surface area contributed by atoms with Gasteiger partial charge in [-0.3, -0.25) is 4.57 Å². The van der Waals surface area contributed by atoms with E-state index in [1.165, 1.54) is 33.6 Å². The molecule has 1 aliphatic carbocycles. The fraction of sp³-hybridized carbons (Fsp3) is 0.211. The van der Waals surface area contributed by atoms with Crippen LogP contribution in [0.1, 0.15) is 22.7 Å². The normalized spacial score (nSPS) is 13.4. The summed E-state index contributed by atoms with van der Waals surface area (Å²) >= 11 is 3.61. The number of hydrogen-bond acceptors (Lipinski definition) is 5. The Morgan fingerprint density at radius 2 is 2.04 bits per heavy atom. The summed E-state index contributed by atoms with van der Waals surface area (Å²) in [6.07, 6.45) is 9.15. The van der Waals surface area contributed by atoms with Crippen molar-refractivity contribution in [3.8, 4) is 5.82 Å². The predicted octanol–water partition coefficient (Wildman–Crippen LogP) is 4.66. The first-order valence-electron chi connectivity index (χ1n) is 8.36. The molecule has 25 heavy (non-hydrogen) atoms. The molecule has 0 saturated heterocycles. The van der Waals surface area contributed by atoms with Crippen molar-refractivity contribution in [2.75, 3.05) is 0 Å². The highest BCUT2D eigenvalue weighted by Crippen LogP contribution is 2.39. The zero-order valence-corrected chi connectivity index (χ0v) is 15.2. The van der Waals surface area contributed by atoms with Crippen molar-refractivity contribution in [2.24, 2.45) is 0 Å². The Labute approximate surface area is 154 Å². The van der Waals surface area contributed by atoms with E-state index >= 15 is 0 Å². The van der Waals surface area contributed by atoms with Crippen LogP contribution in [0.3, 0.4) is 0 Å². The molecular formula is C19H16N4S2. The molecule has 4 nitrogen and oxygen atoms in total. The quantitative estimate of drug-likeness (QED) is 0.494. The fourth-order valence-corrected chi connectivity index (χ4v) is 5.37. The van der Waals surface area contributed by atoms with Gasteiger partial charge in [0.2, 0.25) is 0 Å². The summed E-state index contributed by atoms with van der Waals surface area (Å²) in [5.41, 5.74) is 1.45. The molecule has 0 N–H and O–H groups in total. The first-order chi connectivity index (χ1) is 12.4. The Bertz CT molecular complexity index is 1020. The van der Waals surface area contributed by atoms with Gasteiger partial charge < -0.3 is 0 Å². The maximum atomic E-state index is 4.91. The highest BCUT2D eigenvalue weighted by Gasteiger charge is 2.23. The molecule has 1 aromatic carbocycles. The minimum atomic E-state index is 0.768. The third kappa shape index (κ3) is 2.75. The fourth-order valence-electron chi connectivity index (χ4n) is 3.32. The molecule has 0 spiro atoms. The van der Waals surface area contributed by atoms with Gasteiger partial charge in [-0.2, -0.15) is 0 Å². The third-order valence-electron chi connectivity index (χ3n) is 4.45. The Morgan fingerprint density at radius 1 is 1.12 bits per heavy atom. The first-order valence-corrected chi connectivity index (χ1v) is 10.2. The van der Waals surface area contributed by atoms with Crippen LogP contribution in [0.15, 0.2) is 53.9 Å². The summed E-state index contributed by atoms with van der Waals surface area (Å²) in [6, 6.07) is 10.4. The SMILES string of the molecule is c1ccc(SCc2nc(-n3ccnc3)c3c4c(sc3n2)CCC4)cc1. The van der Waals surface area contributed by atoms with Crippen LogP contribution >= 0.6 is 23.1 Å². The van der Waals surface area contributed by atoms with Gasteiger partial charge in [-0.05, 0) is 37.0 Å². The monoisotopic (exact) mass is 364 g/mol. The molecule has 1 aliphatic rings. The number of rotatable bonds is 4. The summed E-state index contributed by atoms with van der Waals surface area (Å²) in [5.74, 6) is 2.63. The van der Waals surface area contributed by atoms with Gasteiger partial charge in [-0.1, -0.05) is 18.2 Å². The zero-order valence-electron chi connectivity index (χ0n) is 13.6. The summed E-state index contributed by atoms with van der Waals surface area (Å²) in [4.78, 5) is 17.8. The second kappa shape index (κ2) is 6.28. The lowest BCUT2D eigenvalue weighted by molar-refractivity contribution is 0.912. The van der Waals surface area contributed by atoms with Gasteiger partial charge >= 0.3 is 0 Å². The maximum absolute atomic E-state index is 4.91. The molecule has 0 unspecified atom stereocenters. The van der Waals surface area contributed by atoms with Gasteiger partial charge in [-0.15, -0.1) is 23.1 Å². The summed E-state index contributed by atoms with van der Waals surface area (Å²) in [6.45, 7) is 0. The highest BCUT2D eigenvalue weighted by molar-refractivity contribution is 7.98. The maximum Gasteiger partial charge on any atom is 0.150 e. The largest absolute Gasteiger partial charge is 0.290 e. The van der Waals surface area contributed by atoms with Crippen molar-refractivity contribution in [3.05, 3.63) is 65.3 Å². The van der Waals surface area contributed by atoms with Gasteiger partial charge in [0.25, 0.3) is 0 Å². The number of thiophene rings is 1. The number of nitrogens with zero attached hydrogens (tertiary/aromatic N) is 4. The van der Waals surface area contributed by atoms with E-state index in [9.17, 15) is 0 Å². The van der Waals surface area contributed by atoms with E-state index in [2.05, 4.69) is 29.2 Å². The molecule has 0 aliphatic heterocycles. The molecule has 4 aromatic rings. The number of fused-ring (bicyclic) bond motifs is 3. The van der Waals surface area contributed by atoms with Gasteiger partial charge in [0.1, 0.15) is 17.0 Å². The summed E-state index contributed by atoms with van der Waals surface area (Å²) in [7, 11) is 0. The average molecular weight is 364 g/mol. The first kappa shape index (κ1) is 15.1. The molecule has 3 aromatic heterocycles. The smallest absolute Gasteiger partial charge is 0.150 e. The van der Waals surface area contributed by atoms with Crippen molar-refractivity contribution >= 4 is 33.3 Å². The van der Waals surface area contributed by atoms with E-state index in [4.69, 9.17) is 9.97 Å².